The number of aliphatic imine (C=N–C) groups is 1. The summed E-state index contributed by atoms with van der Waals surface area (Å²) in [5.41, 5.74) is 5.27. The van der Waals surface area contributed by atoms with Gasteiger partial charge in [0.15, 0.2) is 5.78 Å². The summed E-state index contributed by atoms with van der Waals surface area (Å²) < 4.78 is 0. The number of likely N-dealkylation sites (N-methyl/N-ethyl adjacent to an activating group) is 1. The third-order valence-electron chi connectivity index (χ3n) is 7.09. The molecular weight excluding hydrogens is 450 g/mol. The minimum Gasteiger partial charge on any atom is -0.369 e. The van der Waals surface area contributed by atoms with Crippen LogP contribution in [0.1, 0.15) is 56.7 Å². The van der Waals surface area contributed by atoms with Crippen molar-refractivity contribution in [2.75, 3.05) is 38.1 Å². The lowest BCUT2D eigenvalue weighted by molar-refractivity contribution is 0.0969. The highest BCUT2D eigenvalue weighted by Gasteiger charge is 2.22. The van der Waals surface area contributed by atoms with Gasteiger partial charge in [-0.05, 0) is 66.6 Å². The Bertz CT molecular complexity index is 1280. The number of carbonyl (C=O) groups is 2. The minimum absolute atomic E-state index is 0.0687. The van der Waals surface area contributed by atoms with Gasteiger partial charge in [0, 0.05) is 67.4 Å². The summed E-state index contributed by atoms with van der Waals surface area (Å²) in [6, 6.07) is 17.3. The molecule has 3 heterocycles. The van der Waals surface area contributed by atoms with E-state index in [-0.39, 0.29) is 17.6 Å². The Morgan fingerprint density at radius 3 is 2.36 bits per heavy atom. The number of fused-ring (bicyclic) bond motifs is 1. The molecule has 3 aromatic rings. The van der Waals surface area contributed by atoms with Crippen LogP contribution in [-0.4, -0.2) is 60.6 Å². The van der Waals surface area contributed by atoms with Crippen LogP contribution >= 0.6 is 0 Å². The van der Waals surface area contributed by atoms with Crippen molar-refractivity contribution >= 4 is 23.2 Å². The van der Waals surface area contributed by atoms with E-state index in [2.05, 4.69) is 32.1 Å². The summed E-state index contributed by atoms with van der Waals surface area (Å²) in [6.07, 6.45) is 3.90. The standard InChI is InChI=1S/C29H31N5O2/c1-20(21-9-11-30-12-10-21)17-27(35)23-3-4-24-19-31-28(26(24)18-23)32-29(36)22-5-7-25(8-6-22)34-15-13-33(2)14-16-34/h3-12,18,20H,13-17,19H2,1-2H3,(H,31,32,36). The molecule has 0 aliphatic carbocycles. The van der Waals surface area contributed by atoms with Gasteiger partial charge in [0.05, 0.1) is 6.54 Å². The van der Waals surface area contributed by atoms with Crippen molar-refractivity contribution in [2.24, 2.45) is 4.99 Å². The molecule has 1 amide bonds. The predicted molar refractivity (Wildman–Crippen MR) is 142 cm³/mol. The highest BCUT2D eigenvalue weighted by Crippen LogP contribution is 2.24. The number of ketones is 1. The van der Waals surface area contributed by atoms with E-state index in [4.69, 9.17) is 0 Å². The zero-order valence-corrected chi connectivity index (χ0v) is 20.8. The molecule has 0 saturated carbocycles. The van der Waals surface area contributed by atoms with Gasteiger partial charge in [0.2, 0.25) is 0 Å². The van der Waals surface area contributed by atoms with Gasteiger partial charge in [0.25, 0.3) is 5.91 Å². The molecule has 0 radical (unpaired) electrons. The van der Waals surface area contributed by atoms with Gasteiger partial charge in [-0.2, -0.15) is 0 Å². The number of nitrogens with one attached hydrogen (secondary N) is 1. The van der Waals surface area contributed by atoms with Crippen LogP contribution in [0, 0.1) is 0 Å². The molecule has 184 valence electrons. The van der Waals surface area contributed by atoms with E-state index in [0.717, 1.165) is 48.6 Å². The Balaban J connectivity index is 1.24. The number of pyridine rings is 1. The number of rotatable bonds is 6. The molecular formula is C29H31N5O2. The first-order valence-corrected chi connectivity index (χ1v) is 12.4. The zero-order valence-electron chi connectivity index (χ0n) is 20.8. The molecule has 0 bridgehead atoms. The van der Waals surface area contributed by atoms with Crippen molar-refractivity contribution in [3.05, 3.63) is 94.8 Å². The maximum Gasteiger partial charge on any atom is 0.256 e. The van der Waals surface area contributed by atoms with Gasteiger partial charge >= 0.3 is 0 Å². The summed E-state index contributed by atoms with van der Waals surface area (Å²) in [5.74, 6) is 0.485. The van der Waals surface area contributed by atoms with E-state index < -0.39 is 0 Å². The van der Waals surface area contributed by atoms with Gasteiger partial charge in [-0.15, -0.1) is 0 Å². The Hall–Kier alpha value is -3.84. The fraction of sp³-hybridized carbons (Fsp3) is 0.310. The van der Waals surface area contributed by atoms with Crippen molar-refractivity contribution in [1.29, 1.82) is 0 Å². The smallest absolute Gasteiger partial charge is 0.256 e. The van der Waals surface area contributed by atoms with E-state index in [0.29, 0.717) is 29.9 Å². The molecule has 36 heavy (non-hydrogen) atoms. The molecule has 0 spiro atoms. The Morgan fingerprint density at radius 2 is 1.64 bits per heavy atom. The first-order chi connectivity index (χ1) is 17.5. The Kier molecular flexibility index (Phi) is 6.91. The van der Waals surface area contributed by atoms with Crippen LogP contribution in [-0.2, 0) is 6.54 Å². The fourth-order valence-electron chi connectivity index (χ4n) is 4.74. The summed E-state index contributed by atoms with van der Waals surface area (Å²) >= 11 is 0. The van der Waals surface area contributed by atoms with E-state index in [1.165, 1.54) is 0 Å². The van der Waals surface area contributed by atoms with Crippen molar-refractivity contribution < 1.29 is 9.59 Å². The number of hydrogen-bond acceptors (Lipinski definition) is 6. The average Bonchev–Trinajstić information content (AvgIpc) is 3.31. The van der Waals surface area contributed by atoms with Crippen molar-refractivity contribution in [3.63, 3.8) is 0 Å². The van der Waals surface area contributed by atoms with Crippen molar-refractivity contribution in [2.45, 2.75) is 25.8 Å². The van der Waals surface area contributed by atoms with Crippen LogP contribution in [0.4, 0.5) is 5.69 Å². The van der Waals surface area contributed by atoms with Crippen LogP contribution < -0.4 is 10.2 Å². The molecule has 7 nitrogen and oxygen atoms in total. The van der Waals surface area contributed by atoms with Gasteiger partial charge in [-0.3, -0.25) is 19.6 Å². The van der Waals surface area contributed by atoms with Crippen LogP contribution in [0.3, 0.4) is 0 Å². The first-order valence-electron chi connectivity index (χ1n) is 12.4. The Morgan fingerprint density at radius 1 is 0.944 bits per heavy atom. The summed E-state index contributed by atoms with van der Waals surface area (Å²) in [6.45, 7) is 6.58. The summed E-state index contributed by atoms with van der Waals surface area (Å²) in [7, 11) is 2.14. The van der Waals surface area contributed by atoms with E-state index in [1.807, 2.05) is 61.5 Å². The normalized spacial score (nSPS) is 16.3. The lowest BCUT2D eigenvalue weighted by Gasteiger charge is -2.34. The minimum atomic E-state index is -0.199. The number of hydrogen-bond donors (Lipinski definition) is 1. The van der Waals surface area contributed by atoms with Crippen LogP contribution in [0.2, 0.25) is 0 Å². The molecule has 1 unspecified atom stereocenters. The predicted octanol–water partition coefficient (Wildman–Crippen LogP) is 3.90. The zero-order chi connectivity index (χ0) is 25.1. The molecule has 1 atom stereocenters. The van der Waals surface area contributed by atoms with Crippen molar-refractivity contribution in [1.82, 2.24) is 15.2 Å². The molecule has 1 aromatic heterocycles. The number of amides is 1. The second kappa shape index (κ2) is 10.4. The SMILES string of the molecule is CC(CC(=O)c1ccc2c(c1)C(NC(=O)c1ccc(N3CCN(C)CC3)cc1)=NC2)c1ccncc1. The first kappa shape index (κ1) is 23.9. The highest BCUT2D eigenvalue weighted by molar-refractivity contribution is 6.15. The van der Waals surface area contributed by atoms with Crippen LogP contribution in [0.5, 0.6) is 0 Å². The number of nitrogens with zero attached hydrogens (tertiary/aromatic N) is 4. The number of piperazine rings is 1. The molecule has 2 aliphatic heterocycles. The number of anilines is 1. The van der Waals surface area contributed by atoms with Gasteiger partial charge in [0.1, 0.15) is 5.84 Å². The largest absolute Gasteiger partial charge is 0.369 e. The van der Waals surface area contributed by atoms with Crippen molar-refractivity contribution in [3.8, 4) is 0 Å². The fourth-order valence-corrected chi connectivity index (χ4v) is 4.74. The van der Waals surface area contributed by atoms with Gasteiger partial charge < -0.3 is 15.1 Å². The topological polar surface area (TPSA) is 77.9 Å². The number of carbonyl (C=O) groups excluding carboxylic acids is 2. The Labute approximate surface area is 211 Å². The lowest BCUT2D eigenvalue weighted by atomic mass is 9.92. The van der Waals surface area contributed by atoms with E-state index in [1.54, 1.807) is 12.4 Å². The molecule has 1 saturated heterocycles. The average molecular weight is 482 g/mol. The molecule has 1 N–H and O–H groups in total. The second-order valence-corrected chi connectivity index (χ2v) is 9.64. The van der Waals surface area contributed by atoms with Gasteiger partial charge in [-0.25, -0.2) is 0 Å². The molecule has 1 fully saturated rings. The highest BCUT2D eigenvalue weighted by atomic mass is 16.1. The third-order valence-corrected chi connectivity index (χ3v) is 7.09. The monoisotopic (exact) mass is 481 g/mol. The second-order valence-electron chi connectivity index (χ2n) is 9.64. The maximum atomic E-state index is 13.0. The summed E-state index contributed by atoms with van der Waals surface area (Å²) in [5, 5.41) is 2.96. The molecule has 7 heteroatoms. The number of Topliss-reactive ketones (excluding diaryl/α,β-unsaturated/α-hetero) is 1. The molecule has 2 aliphatic rings. The number of amidine groups is 1. The van der Waals surface area contributed by atoms with E-state index in [9.17, 15) is 9.59 Å². The third kappa shape index (κ3) is 5.21. The summed E-state index contributed by atoms with van der Waals surface area (Å²) in [4.78, 5) is 39.2. The number of aromatic nitrogens is 1. The molecule has 2 aromatic carbocycles. The van der Waals surface area contributed by atoms with Gasteiger partial charge in [-0.1, -0.05) is 19.1 Å². The lowest BCUT2D eigenvalue weighted by Crippen LogP contribution is -2.44. The van der Waals surface area contributed by atoms with Crippen LogP contribution in [0.15, 0.2) is 72.0 Å². The maximum absolute atomic E-state index is 13.0. The number of benzene rings is 2. The van der Waals surface area contributed by atoms with E-state index >= 15 is 0 Å². The quantitative estimate of drug-likeness (QED) is 0.541. The molecule has 5 rings (SSSR count). The van der Waals surface area contributed by atoms with Crippen LogP contribution in [0.25, 0.3) is 0 Å².